The molecule has 2 aromatic carbocycles. The van der Waals surface area contributed by atoms with E-state index in [4.69, 9.17) is 30.2 Å². The largest absolute Gasteiger partial charge is 0.465 e. The van der Waals surface area contributed by atoms with Crippen LogP contribution < -0.4 is 14.9 Å². The molecule has 9 heteroatoms. The number of furan rings is 1. The van der Waals surface area contributed by atoms with Crippen LogP contribution in [0.4, 0.5) is 0 Å². The van der Waals surface area contributed by atoms with E-state index in [-0.39, 0.29) is 17.4 Å². The number of esters is 1. The monoisotopic (exact) mass is 426 g/mol. The van der Waals surface area contributed by atoms with E-state index in [1.807, 2.05) is 0 Å². The molecule has 0 saturated heterocycles. The molecular formula is C21H15ClN2O6. The summed E-state index contributed by atoms with van der Waals surface area (Å²) in [5, 5.41) is 4.19. The van der Waals surface area contributed by atoms with Gasteiger partial charge in [0, 0.05) is 11.1 Å². The number of ether oxygens (including phenoxy) is 3. The number of halogens is 1. The first-order valence-corrected chi connectivity index (χ1v) is 9.14. The molecule has 30 heavy (non-hydrogen) atoms. The standard InChI is InChI=1S/C21H15ClN2O6/c1-27-21(26)15-8-12(2-5-16(15)22)17-7-4-14(30-17)10-23-24-20(25)13-3-6-18-19(9-13)29-11-28-18/h2-10H,11H2,1H3,(H,24,25)/b23-10+. The number of amides is 1. The molecule has 0 aliphatic carbocycles. The Kier molecular flexibility index (Phi) is 5.40. The third-order valence-corrected chi connectivity index (χ3v) is 4.61. The summed E-state index contributed by atoms with van der Waals surface area (Å²) in [5.41, 5.74) is 3.68. The number of rotatable bonds is 5. The maximum Gasteiger partial charge on any atom is 0.339 e. The van der Waals surface area contributed by atoms with Crippen LogP contribution in [0.1, 0.15) is 26.5 Å². The molecule has 1 aliphatic heterocycles. The van der Waals surface area contributed by atoms with E-state index in [9.17, 15) is 9.59 Å². The van der Waals surface area contributed by atoms with Gasteiger partial charge in [-0.2, -0.15) is 5.10 Å². The Hall–Kier alpha value is -3.78. The highest BCUT2D eigenvalue weighted by Crippen LogP contribution is 2.32. The van der Waals surface area contributed by atoms with E-state index in [0.29, 0.717) is 34.1 Å². The first-order chi connectivity index (χ1) is 14.5. The average molecular weight is 427 g/mol. The van der Waals surface area contributed by atoms with Crippen molar-refractivity contribution in [3.63, 3.8) is 0 Å². The van der Waals surface area contributed by atoms with E-state index < -0.39 is 11.9 Å². The zero-order chi connectivity index (χ0) is 21.1. The third kappa shape index (κ3) is 3.99. The van der Waals surface area contributed by atoms with Crippen LogP contribution in [-0.2, 0) is 4.74 Å². The van der Waals surface area contributed by atoms with E-state index >= 15 is 0 Å². The summed E-state index contributed by atoms with van der Waals surface area (Å²) >= 11 is 6.03. The molecule has 0 radical (unpaired) electrons. The molecule has 0 atom stereocenters. The number of nitrogens with one attached hydrogen (secondary N) is 1. The van der Waals surface area contributed by atoms with Crippen LogP contribution in [0.15, 0.2) is 58.0 Å². The molecule has 3 aromatic rings. The molecule has 0 saturated carbocycles. The SMILES string of the molecule is COC(=O)c1cc(-c2ccc(/C=N/NC(=O)c3ccc4c(c3)OCO4)o2)ccc1Cl. The molecule has 2 heterocycles. The Labute approximate surface area is 176 Å². The Bertz CT molecular complexity index is 1150. The molecule has 4 rings (SSSR count). The number of carbonyl (C=O) groups is 2. The second kappa shape index (κ2) is 8.30. The van der Waals surface area contributed by atoms with Crippen molar-refractivity contribution in [2.75, 3.05) is 13.9 Å². The number of carbonyl (C=O) groups excluding carboxylic acids is 2. The Morgan fingerprint density at radius 1 is 1.10 bits per heavy atom. The molecule has 152 valence electrons. The fourth-order valence-electron chi connectivity index (χ4n) is 2.78. The van der Waals surface area contributed by atoms with Crippen molar-refractivity contribution >= 4 is 29.7 Å². The van der Waals surface area contributed by atoms with Gasteiger partial charge in [0.1, 0.15) is 11.5 Å². The molecule has 1 aliphatic rings. The quantitative estimate of drug-likeness (QED) is 0.377. The van der Waals surface area contributed by atoms with Crippen LogP contribution in [0.2, 0.25) is 5.02 Å². The minimum absolute atomic E-state index is 0.133. The highest BCUT2D eigenvalue weighted by atomic mass is 35.5. The van der Waals surface area contributed by atoms with Crippen LogP contribution in [0.25, 0.3) is 11.3 Å². The van der Waals surface area contributed by atoms with Crippen molar-refractivity contribution in [1.82, 2.24) is 5.43 Å². The molecular weight excluding hydrogens is 412 g/mol. The van der Waals surface area contributed by atoms with E-state index in [1.54, 1.807) is 48.5 Å². The summed E-state index contributed by atoms with van der Waals surface area (Å²) in [6, 6.07) is 13.1. The molecule has 1 N–H and O–H groups in total. The maximum atomic E-state index is 12.2. The summed E-state index contributed by atoms with van der Waals surface area (Å²) in [6.07, 6.45) is 1.37. The molecule has 8 nitrogen and oxygen atoms in total. The lowest BCUT2D eigenvalue weighted by molar-refractivity contribution is 0.0601. The normalized spacial score (nSPS) is 12.2. The average Bonchev–Trinajstić information content (AvgIpc) is 3.42. The molecule has 0 bridgehead atoms. The zero-order valence-corrected chi connectivity index (χ0v) is 16.4. The lowest BCUT2D eigenvalue weighted by Crippen LogP contribution is -2.17. The highest BCUT2D eigenvalue weighted by Gasteiger charge is 2.16. The number of hydrazone groups is 1. The van der Waals surface area contributed by atoms with E-state index in [2.05, 4.69) is 10.5 Å². The van der Waals surface area contributed by atoms with Crippen LogP contribution in [-0.4, -0.2) is 32.0 Å². The molecule has 0 unspecified atom stereocenters. The number of hydrogen-bond donors (Lipinski definition) is 1. The number of hydrogen-bond acceptors (Lipinski definition) is 7. The minimum atomic E-state index is -0.540. The second-order valence-electron chi connectivity index (χ2n) is 6.16. The van der Waals surface area contributed by atoms with Crippen molar-refractivity contribution in [1.29, 1.82) is 0 Å². The van der Waals surface area contributed by atoms with Crippen LogP contribution >= 0.6 is 11.6 Å². The number of methoxy groups -OCH3 is 1. The van der Waals surface area contributed by atoms with Gasteiger partial charge in [0.15, 0.2) is 11.5 Å². The summed E-state index contributed by atoms with van der Waals surface area (Å²) in [5.74, 6) is 1.07. The predicted molar refractivity (Wildman–Crippen MR) is 108 cm³/mol. The first kappa shape index (κ1) is 19.5. The van der Waals surface area contributed by atoms with Gasteiger partial charge in [-0.15, -0.1) is 0 Å². The van der Waals surface area contributed by atoms with E-state index in [1.165, 1.54) is 13.3 Å². The van der Waals surface area contributed by atoms with Gasteiger partial charge in [-0.1, -0.05) is 11.6 Å². The fourth-order valence-corrected chi connectivity index (χ4v) is 2.97. The zero-order valence-electron chi connectivity index (χ0n) is 15.7. The number of nitrogens with zero attached hydrogens (tertiary/aromatic N) is 1. The predicted octanol–water partition coefficient (Wildman–Crippen LogP) is 3.88. The van der Waals surface area contributed by atoms with Gasteiger partial charge in [-0.3, -0.25) is 4.79 Å². The van der Waals surface area contributed by atoms with Gasteiger partial charge in [0.2, 0.25) is 6.79 Å². The smallest absolute Gasteiger partial charge is 0.339 e. The van der Waals surface area contributed by atoms with E-state index in [0.717, 1.165) is 0 Å². The molecule has 0 spiro atoms. The van der Waals surface area contributed by atoms with Crippen molar-refractivity contribution in [3.05, 3.63) is 70.4 Å². The Morgan fingerprint density at radius 3 is 2.77 bits per heavy atom. The first-order valence-electron chi connectivity index (χ1n) is 8.76. The third-order valence-electron chi connectivity index (χ3n) is 4.28. The minimum Gasteiger partial charge on any atom is -0.465 e. The molecule has 1 amide bonds. The summed E-state index contributed by atoms with van der Waals surface area (Å²) in [4.78, 5) is 24.0. The summed E-state index contributed by atoms with van der Waals surface area (Å²) in [7, 11) is 1.28. The van der Waals surface area contributed by atoms with Gasteiger partial charge in [0.05, 0.1) is 23.9 Å². The number of benzene rings is 2. The highest BCUT2D eigenvalue weighted by molar-refractivity contribution is 6.33. The van der Waals surface area contributed by atoms with Gasteiger partial charge in [-0.25, -0.2) is 10.2 Å². The van der Waals surface area contributed by atoms with Gasteiger partial charge < -0.3 is 18.6 Å². The van der Waals surface area contributed by atoms with Crippen LogP contribution in [0.3, 0.4) is 0 Å². The van der Waals surface area contributed by atoms with Gasteiger partial charge >= 0.3 is 5.97 Å². The summed E-state index contributed by atoms with van der Waals surface area (Å²) < 4.78 is 20.9. The van der Waals surface area contributed by atoms with Gasteiger partial charge in [0.25, 0.3) is 5.91 Å². The second-order valence-corrected chi connectivity index (χ2v) is 6.56. The Balaban J connectivity index is 1.44. The number of fused-ring (bicyclic) bond motifs is 1. The topological polar surface area (TPSA) is 99.4 Å². The van der Waals surface area contributed by atoms with Crippen LogP contribution in [0, 0.1) is 0 Å². The van der Waals surface area contributed by atoms with Gasteiger partial charge in [-0.05, 0) is 48.5 Å². The maximum absolute atomic E-state index is 12.2. The Morgan fingerprint density at radius 2 is 1.93 bits per heavy atom. The summed E-state index contributed by atoms with van der Waals surface area (Å²) in [6.45, 7) is 0.133. The van der Waals surface area contributed by atoms with Crippen molar-refractivity contribution in [2.24, 2.45) is 5.10 Å². The molecule has 0 fully saturated rings. The fraction of sp³-hybridized carbons (Fsp3) is 0.0952. The van der Waals surface area contributed by atoms with Crippen molar-refractivity contribution < 1.29 is 28.2 Å². The lowest BCUT2D eigenvalue weighted by Gasteiger charge is -2.04. The van der Waals surface area contributed by atoms with Crippen molar-refractivity contribution in [3.8, 4) is 22.8 Å². The molecule has 1 aromatic heterocycles. The van der Waals surface area contributed by atoms with Crippen molar-refractivity contribution in [2.45, 2.75) is 0 Å². The lowest BCUT2D eigenvalue weighted by atomic mass is 10.1. The van der Waals surface area contributed by atoms with Crippen LogP contribution in [0.5, 0.6) is 11.5 Å².